The Balaban J connectivity index is 1.93. The third-order valence-corrected chi connectivity index (χ3v) is 3.83. The molecule has 4 heteroatoms. The Morgan fingerprint density at radius 1 is 1.25 bits per heavy atom. The van der Waals surface area contributed by atoms with E-state index in [1.54, 1.807) is 0 Å². The van der Waals surface area contributed by atoms with Crippen molar-refractivity contribution in [3.8, 4) is 11.5 Å². The molecule has 2 aliphatic rings. The van der Waals surface area contributed by atoms with Crippen molar-refractivity contribution in [3.05, 3.63) is 23.3 Å². The molecule has 2 aliphatic heterocycles. The molecule has 0 saturated carbocycles. The van der Waals surface area contributed by atoms with Gasteiger partial charge in [-0.15, -0.1) is 0 Å². The predicted molar refractivity (Wildman–Crippen MR) is 77.6 cm³/mol. The molecule has 3 unspecified atom stereocenters. The highest BCUT2D eigenvalue weighted by Gasteiger charge is 2.28. The molecule has 0 bridgehead atoms. The third kappa shape index (κ3) is 2.63. The van der Waals surface area contributed by atoms with Gasteiger partial charge in [0, 0.05) is 30.6 Å². The first-order valence-corrected chi connectivity index (χ1v) is 7.49. The van der Waals surface area contributed by atoms with Crippen LogP contribution >= 0.6 is 0 Å². The minimum absolute atomic E-state index is 0.0325. The van der Waals surface area contributed by atoms with Crippen molar-refractivity contribution in [1.82, 2.24) is 5.32 Å². The van der Waals surface area contributed by atoms with E-state index in [4.69, 9.17) is 14.2 Å². The summed E-state index contributed by atoms with van der Waals surface area (Å²) in [4.78, 5) is 0. The van der Waals surface area contributed by atoms with E-state index in [0.29, 0.717) is 6.61 Å². The minimum Gasteiger partial charge on any atom is -0.493 e. The van der Waals surface area contributed by atoms with Crippen molar-refractivity contribution in [1.29, 1.82) is 0 Å². The second-order valence-corrected chi connectivity index (χ2v) is 5.66. The SMILES string of the molecule is CCOc1cc2c(cc1C1CNCC(C)O1)OC(C)C2. The molecule has 3 atom stereocenters. The van der Waals surface area contributed by atoms with E-state index in [1.165, 1.54) is 5.56 Å². The van der Waals surface area contributed by atoms with E-state index in [2.05, 4.69) is 31.3 Å². The lowest BCUT2D eigenvalue weighted by Gasteiger charge is -2.30. The van der Waals surface area contributed by atoms with Crippen LogP contribution in [0.4, 0.5) is 0 Å². The molecule has 0 radical (unpaired) electrons. The van der Waals surface area contributed by atoms with Crippen LogP contribution in [0.1, 0.15) is 38.0 Å². The topological polar surface area (TPSA) is 39.7 Å². The van der Waals surface area contributed by atoms with E-state index in [1.807, 2.05) is 6.92 Å². The molecule has 1 aromatic carbocycles. The number of nitrogens with one attached hydrogen (secondary N) is 1. The fourth-order valence-corrected chi connectivity index (χ4v) is 2.96. The van der Waals surface area contributed by atoms with Gasteiger partial charge >= 0.3 is 0 Å². The fourth-order valence-electron chi connectivity index (χ4n) is 2.96. The van der Waals surface area contributed by atoms with E-state index < -0.39 is 0 Å². The average molecular weight is 277 g/mol. The van der Waals surface area contributed by atoms with Gasteiger partial charge < -0.3 is 19.5 Å². The maximum atomic E-state index is 6.05. The fraction of sp³-hybridized carbons (Fsp3) is 0.625. The van der Waals surface area contributed by atoms with Gasteiger partial charge in [0.2, 0.25) is 0 Å². The Kier molecular flexibility index (Phi) is 3.85. The normalized spacial score (nSPS) is 28.9. The number of hydrogen-bond acceptors (Lipinski definition) is 4. The molecule has 2 heterocycles. The van der Waals surface area contributed by atoms with Gasteiger partial charge in [-0.2, -0.15) is 0 Å². The molecule has 3 rings (SSSR count). The zero-order chi connectivity index (χ0) is 14.1. The van der Waals surface area contributed by atoms with E-state index in [9.17, 15) is 0 Å². The summed E-state index contributed by atoms with van der Waals surface area (Å²) in [6.07, 6.45) is 1.45. The summed E-state index contributed by atoms with van der Waals surface area (Å²) < 4.78 is 17.7. The van der Waals surface area contributed by atoms with E-state index in [0.717, 1.165) is 36.6 Å². The highest BCUT2D eigenvalue weighted by Crippen LogP contribution is 2.39. The van der Waals surface area contributed by atoms with Gasteiger partial charge in [-0.1, -0.05) is 0 Å². The Morgan fingerprint density at radius 2 is 2.10 bits per heavy atom. The molecule has 1 saturated heterocycles. The summed E-state index contributed by atoms with van der Waals surface area (Å²) in [5, 5.41) is 3.41. The van der Waals surface area contributed by atoms with E-state index in [-0.39, 0.29) is 18.3 Å². The Morgan fingerprint density at radius 3 is 2.85 bits per heavy atom. The summed E-state index contributed by atoms with van der Waals surface area (Å²) in [7, 11) is 0. The molecule has 0 spiro atoms. The van der Waals surface area contributed by atoms with Crippen LogP contribution in [-0.4, -0.2) is 31.9 Å². The molecule has 20 heavy (non-hydrogen) atoms. The van der Waals surface area contributed by atoms with Crippen LogP contribution in [0.5, 0.6) is 11.5 Å². The quantitative estimate of drug-likeness (QED) is 0.921. The van der Waals surface area contributed by atoms with Crippen molar-refractivity contribution in [3.63, 3.8) is 0 Å². The van der Waals surface area contributed by atoms with Crippen LogP contribution in [0.25, 0.3) is 0 Å². The Labute approximate surface area is 120 Å². The molecule has 1 N–H and O–H groups in total. The molecule has 110 valence electrons. The molecule has 0 amide bonds. The third-order valence-electron chi connectivity index (χ3n) is 3.83. The summed E-state index contributed by atoms with van der Waals surface area (Å²) in [6, 6.07) is 4.23. The number of fused-ring (bicyclic) bond motifs is 1. The van der Waals surface area contributed by atoms with Crippen LogP contribution in [-0.2, 0) is 11.2 Å². The number of benzene rings is 1. The summed E-state index contributed by atoms with van der Waals surface area (Å²) in [6.45, 7) is 8.58. The van der Waals surface area contributed by atoms with Gasteiger partial charge in [-0.3, -0.25) is 0 Å². The highest BCUT2D eigenvalue weighted by molar-refractivity contribution is 5.49. The first kappa shape index (κ1) is 13.7. The number of morpholine rings is 1. The van der Waals surface area contributed by atoms with Gasteiger partial charge in [0.15, 0.2) is 0 Å². The molecule has 0 aromatic heterocycles. The van der Waals surface area contributed by atoms with Gasteiger partial charge in [0.1, 0.15) is 17.6 Å². The minimum atomic E-state index is 0.0325. The standard InChI is InChI=1S/C16H23NO3/c1-4-18-15-6-12-5-10(2)19-14(12)7-13(15)16-9-17-8-11(3)20-16/h6-7,10-11,16-17H,4-5,8-9H2,1-3H3. The average Bonchev–Trinajstić information content (AvgIpc) is 2.77. The van der Waals surface area contributed by atoms with Crippen molar-refractivity contribution in [2.24, 2.45) is 0 Å². The predicted octanol–water partition coefficient (Wildman–Crippen LogP) is 2.46. The van der Waals surface area contributed by atoms with Crippen LogP contribution in [0.2, 0.25) is 0 Å². The van der Waals surface area contributed by atoms with Crippen LogP contribution < -0.4 is 14.8 Å². The van der Waals surface area contributed by atoms with Gasteiger partial charge in [0.05, 0.1) is 18.8 Å². The lowest BCUT2D eigenvalue weighted by Crippen LogP contribution is -2.39. The zero-order valence-corrected chi connectivity index (χ0v) is 12.4. The summed E-state index contributed by atoms with van der Waals surface area (Å²) >= 11 is 0. The molecule has 1 aromatic rings. The first-order valence-electron chi connectivity index (χ1n) is 7.49. The summed E-state index contributed by atoms with van der Waals surface area (Å²) in [5.41, 5.74) is 2.33. The first-order chi connectivity index (χ1) is 9.67. The largest absolute Gasteiger partial charge is 0.493 e. The maximum Gasteiger partial charge on any atom is 0.125 e. The van der Waals surface area contributed by atoms with Gasteiger partial charge in [0.25, 0.3) is 0 Å². The van der Waals surface area contributed by atoms with Crippen molar-refractivity contribution < 1.29 is 14.2 Å². The lowest BCUT2D eigenvalue weighted by atomic mass is 10.0. The maximum absolute atomic E-state index is 6.05. The number of hydrogen-bond donors (Lipinski definition) is 1. The highest BCUT2D eigenvalue weighted by atomic mass is 16.5. The van der Waals surface area contributed by atoms with Crippen LogP contribution in [0.15, 0.2) is 12.1 Å². The molecule has 4 nitrogen and oxygen atoms in total. The van der Waals surface area contributed by atoms with Crippen LogP contribution in [0, 0.1) is 0 Å². The molecule has 0 aliphatic carbocycles. The zero-order valence-electron chi connectivity index (χ0n) is 12.4. The smallest absolute Gasteiger partial charge is 0.125 e. The Bertz CT molecular complexity index is 489. The second-order valence-electron chi connectivity index (χ2n) is 5.66. The summed E-state index contributed by atoms with van der Waals surface area (Å²) in [5.74, 6) is 1.92. The van der Waals surface area contributed by atoms with Gasteiger partial charge in [-0.05, 0) is 32.9 Å². The molecular formula is C16H23NO3. The van der Waals surface area contributed by atoms with Crippen molar-refractivity contribution in [2.75, 3.05) is 19.7 Å². The van der Waals surface area contributed by atoms with E-state index >= 15 is 0 Å². The Hall–Kier alpha value is -1.26. The molecular weight excluding hydrogens is 254 g/mol. The van der Waals surface area contributed by atoms with Crippen LogP contribution in [0.3, 0.4) is 0 Å². The monoisotopic (exact) mass is 277 g/mol. The lowest BCUT2D eigenvalue weighted by molar-refractivity contribution is -0.0299. The van der Waals surface area contributed by atoms with Gasteiger partial charge in [-0.25, -0.2) is 0 Å². The second kappa shape index (κ2) is 5.62. The number of rotatable bonds is 3. The molecule has 1 fully saturated rings. The number of ether oxygens (including phenoxy) is 3. The van der Waals surface area contributed by atoms with Crippen molar-refractivity contribution >= 4 is 0 Å². The van der Waals surface area contributed by atoms with Crippen molar-refractivity contribution in [2.45, 2.75) is 45.5 Å².